The molecule has 1 heterocycles. The van der Waals surface area contributed by atoms with Crippen molar-refractivity contribution in [3.05, 3.63) is 14.7 Å². The van der Waals surface area contributed by atoms with Crippen molar-refractivity contribution in [2.75, 3.05) is 12.4 Å². The maximum atomic E-state index is 12.9. The topological polar surface area (TPSA) is 37.4 Å². The van der Waals surface area contributed by atoms with Gasteiger partial charge in [-0.25, -0.2) is 8.42 Å². The first-order valence-corrected chi connectivity index (χ1v) is 10.4. The van der Waals surface area contributed by atoms with E-state index in [4.69, 9.17) is 11.6 Å². The summed E-state index contributed by atoms with van der Waals surface area (Å²) < 4.78 is 28.3. The molecule has 3 nitrogen and oxygen atoms in total. The van der Waals surface area contributed by atoms with Crippen LogP contribution in [-0.2, 0) is 10.0 Å². The SMILES string of the molecule is Cc1sc(Br)cc1S(=O)(=O)N(CCCl)C1CCCCC1. The average molecular weight is 401 g/mol. The molecule has 1 aliphatic carbocycles. The average Bonchev–Trinajstić information content (AvgIpc) is 2.76. The lowest BCUT2D eigenvalue weighted by Crippen LogP contribution is -2.42. The highest BCUT2D eigenvalue weighted by Gasteiger charge is 2.33. The largest absolute Gasteiger partial charge is 0.244 e. The Labute approximate surface area is 138 Å². The maximum Gasteiger partial charge on any atom is 0.244 e. The molecule has 20 heavy (non-hydrogen) atoms. The van der Waals surface area contributed by atoms with Crippen LogP contribution in [0, 0.1) is 6.92 Å². The quantitative estimate of drug-likeness (QED) is 0.688. The second kappa shape index (κ2) is 7.09. The van der Waals surface area contributed by atoms with Crippen LogP contribution in [0.15, 0.2) is 14.7 Å². The highest BCUT2D eigenvalue weighted by molar-refractivity contribution is 9.11. The summed E-state index contributed by atoms with van der Waals surface area (Å²) in [5, 5.41) is 0. The second-order valence-corrected chi connectivity index (χ2v) is 9.94. The van der Waals surface area contributed by atoms with Gasteiger partial charge in [-0.15, -0.1) is 22.9 Å². The highest BCUT2D eigenvalue weighted by Crippen LogP contribution is 2.34. The van der Waals surface area contributed by atoms with E-state index in [1.165, 1.54) is 17.8 Å². The molecule has 0 atom stereocenters. The van der Waals surface area contributed by atoms with Crippen molar-refractivity contribution >= 4 is 48.9 Å². The van der Waals surface area contributed by atoms with Crippen LogP contribution >= 0.6 is 38.9 Å². The monoisotopic (exact) mass is 399 g/mol. The Bertz CT molecular complexity index is 553. The van der Waals surface area contributed by atoms with E-state index >= 15 is 0 Å². The van der Waals surface area contributed by atoms with Gasteiger partial charge in [0.15, 0.2) is 0 Å². The Hall–Kier alpha value is 0.380. The van der Waals surface area contributed by atoms with Crippen molar-refractivity contribution in [3.63, 3.8) is 0 Å². The van der Waals surface area contributed by atoms with E-state index in [1.807, 2.05) is 6.92 Å². The fourth-order valence-electron chi connectivity index (χ4n) is 2.76. The number of hydrogen-bond donors (Lipinski definition) is 0. The van der Waals surface area contributed by atoms with Crippen LogP contribution in [0.5, 0.6) is 0 Å². The van der Waals surface area contributed by atoms with Crippen molar-refractivity contribution in [2.45, 2.75) is 50.0 Å². The minimum absolute atomic E-state index is 0.102. The van der Waals surface area contributed by atoms with Crippen molar-refractivity contribution in [2.24, 2.45) is 0 Å². The van der Waals surface area contributed by atoms with Gasteiger partial charge in [-0.3, -0.25) is 0 Å². The van der Waals surface area contributed by atoms with Crippen molar-refractivity contribution < 1.29 is 8.42 Å². The van der Waals surface area contributed by atoms with E-state index in [-0.39, 0.29) is 6.04 Å². The van der Waals surface area contributed by atoms with E-state index in [0.717, 1.165) is 34.3 Å². The maximum absolute atomic E-state index is 12.9. The Morgan fingerprint density at radius 1 is 1.40 bits per heavy atom. The zero-order chi connectivity index (χ0) is 14.8. The zero-order valence-corrected chi connectivity index (χ0v) is 15.4. The molecule has 1 aromatic rings. The smallest absolute Gasteiger partial charge is 0.207 e. The Morgan fingerprint density at radius 3 is 2.55 bits per heavy atom. The predicted molar refractivity (Wildman–Crippen MR) is 88.2 cm³/mol. The summed E-state index contributed by atoms with van der Waals surface area (Å²) in [6.45, 7) is 2.24. The van der Waals surface area contributed by atoms with Crippen LogP contribution in [0.1, 0.15) is 37.0 Å². The van der Waals surface area contributed by atoms with Gasteiger partial charge in [0.2, 0.25) is 10.0 Å². The van der Waals surface area contributed by atoms with Crippen molar-refractivity contribution in [3.8, 4) is 0 Å². The van der Waals surface area contributed by atoms with E-state index in [2.05, 4.69) is 15.9 Å². The number of nitrogens with zero attached hydrogens (tertiary/aromatic N) is 1. The third kappa shape index (κ3) is 3.58. The minimum Gasteiger partial charge on any atom is -0.207 e. The summed E-state index contributed by atoms with van der Waals surface area (Å²) in [6, 6.07) is 1.81. The number of hydrogen-bond acceptors (Lipinski definition) is 3. The molecule has 1 saturated carbocycles. The van der Waals surface area contributed by atoms with Gasteiger partial charge in [-0.2, -0.15) is 4.31 Å². The number of sulfonamides is 1. The molecular formula is C13H19BrClNO2S2. The number of halogens is 2. The fourth-order valence-corrected chi connectivity index (χ4v) is 7.12. The molecule has 114 valence electrons. The molecular weight excluding hydrogens is 382 g/mol. The minimum atomic E-state index is -3.44. The number of rotatable bonds is 5. The van der Waals surface area contributed by atoms with Gasteiger partial charge in [0.25, 0.3) is 0 Å². The van der Waals surface area contributed by atoms with Crippen LogP contribution < -0.4 is 0 Å². The third-order valence-electron chi connectivity index (χ3n) is 3.72. The molecule has 7 heteroatoms. The molecule has 1 aromatic heterocycles. The fraction of sp³-hybridized carbons (Fsp3) is 0.692. The molecule has 0 spiro atoms. The summed E-state index contributed by atoms with van der Waals surface area (Å²) in [5.41, 5.74) is 0. The van der Waals surface area contributed by atoms with Crippen LogP contribution in [0.4, 0.5) is 0 Å². The van der Waals surface area contributed by atoms with Gasteiger partial charge in [-0.1, -0.05) is 19.3 Å². The Kier molecular flexibility index (Phi) is 5.94. The summed E-state index contributed by atoms with van der Waals surface area (Å²) in [4.78, 5) is 1.25. The van der Waals surface area contributed by atoms with Crippen molar-refractivity contribution in [1.29, 1.82) is 0 Å². The summed E-state index contributed by atoms with van der Waals surface area (Å²) in [6.07, 6.45) is 5.30. The first kappa shape index (κ1) is 16.7. The summed E-state index contributed by atoms with van der Waals surface area (Å²) in [7, 11) is -3.44. The molecule has 0 unspecified atom stereocenters. The highest BCUT2D eigenvalue weighted by atomic mass is 79.9. The van der Waals surface area contributed by atoms with Gasteiger partial charge in [-0.05, 0) is 41.8 Å². The first-order chi connectivity index (χ1) is 9.46. The van der Waals surface area contributed by atoms with Crippen molar-refractivity contribution in [1.82, 2.24) is 4.31 Å². The normalized spacial score (nSPS) is 17.8. The number of thiophene rings is 1. The predicted octanol–water partition coefficient (Wildman–Crippen LogP) is 4.38. The number of alkyl halides is 1. The Morgan fingerprint density at radius 2 is 2.05 bits per heavy atom. The van der Waals surface area contributed by atoms with E-state index < -0.39 is 10.0 Å². The lowest BCUT2D eigenvalue weighted by atomic mass is 9.95. The summed E-state index contributed by atoms with van der Waals surface area (Å²) in [5.74, 6) is 0.333. The van der Waals surface area contributed by atoms with Crippen LogP contribution in [0.25, 0.3) is 0 Å². The molecule has 0 amide bonds. The van der Waals surface area contributed by atoms with Gasteiger partial charge in [0, 0.05) is 23.3 Å². The van der Waals surface area contributed by atoms with E-state index in [0.29, 0.717) is 17.3 Å². The lowest BCUT2D eigenvalue weighted by molar-refractivity contribution is 0.262. The molecule has 0 radical (unpaired) electrons. The molecule has 0 aliphatic heterocycles. The second-order valence-electron chi connectivity index (χ2n) is 5.07. The molecule has 0 bridgehead atoms. The molecule has 0 N–H and O–H groups in total. The third-order valence-corrected chi connectivity index (χ3v) is 7.65. The summed E-state index contributed by atoms with van der Waals surface area (Å²) >= 11 is 10.7. The number of aryl methyl sites for hydroxylation is 1. The zero-order valence-electron chi connectivity index (χ0n) is 11.4. The van der Waals surface area contributed by atoms with Crippen LogP contribution in [0.3, 0.4) is 0 Å². The molecule has 1 aliphatic rings. The van der Waals surface area contributed by atoms with Gasteiger partial charge in [0.05, 0.1) is 8.68 Å². The van der Waals surface area contributed by atoms with E-state index in [9.17, 15) is 8.42 Å². The standard InChI is InChI=1S/C13H19BrClNO2S2/c1-10-12(9-13(14)19-10)20(17,18)16(8-7-15)11-5-3-2-4-6-11/h9,11H,2-8H2,1H3. The molecule has 0 aromatic carbocycles. The van der Waals surface area contributed by atoms with Gasteiger partial charge in [0.1, 0.15) is 0 Å². The first-order valence-electron chi connectivity index (χ1n) is 6.80. The van der Waals surface area contributed by atoms with E-state index in [1.54, 1.807) is 10.4 Å². The lowest BCUT2D eigenvalue weighted by Gasteiger charge is -2.33. The van der Waals surface area contributed by atoms with Crippen LogP contribution in [-0.4, -0.2) is 31.2 Å². The Balaban J connectivity index is 2.33. The molecule has 1 fully saturated rings. The van der Waals surface area contributed by atoms with Crippen LogP contribution in [0.2, 0.25) is 0 Å². The van der Waals surface area contributed by atoms with Gasteiger partial charge >= 0.3 is 0 Å². The van der Waals surface area contributed by atoms with Gasteiger partial charge < -0.3 is 0 Å². The molecule has 2 rings (SSSR count). The molecule has 0 saturated heterocycles.